The molecule has 0 spiro atoms. The lowest BCUT2D eigenvalue weighted by Gasteiger charge is -2.22. The molecule has 0 aliphatic rings. The number of unbranched alkanes of at least 4 members (excludes halogenated alkanes) is 2. The van der Waals surface area contributed by atoms with Crippen molar-refractivity contribution in [2.75, 3.05) is 47.1 Å². The monoisotopic (exact) mass is 404 g/mol. The van der Waals surface area contributed by atoms with E-state index in [0.717, 1.165) is 24.9 Å². The van der Waals surface area contributed by atoms with E-state index < -0.39 is 0 Å². The molecule has 0 aliphatic carbocycles. The van der Waals surface area contributed by atoms with E-state index in [1.807, 2.05) is 31.3 Å². The molecule has 29 heavy (non-hydrogen) atoms. The summed E-state index contributed by atoms with van der Waals surface area (Å²) in [6, 6.07) is 5.66. The highest BCUT2D eigenvalue weighted by molar-refractivity contribution is 5.94. The second-order valence-electron chi connectivity index (χ2n) is 6.91. The van der Waals surface area contributed by atoms with Crippen LogP contribution < -0.4 is 5.32 Å². The second kappa shape index (κ2) is 12.2. The number of nitrogens with one attached hydrogen (secondary N) is 1. The summed E-state index contributed by atoms with van der Waals surface area (Å²) in [7, 11) is 3.25. The van der Waals surface area contributed by atoms with Gasteiger partial charge >= 0.3 is 0 Å². The number of hydrogen-bond donors (Lipinski definition) is 1. The molecule has 0 bridgehead atoms. The third-order valence-electron chi connectivity index (χ3n) is 4.76. The van der Waals surface area contributed by atoms with Crippen LogP contribution in [0.5, 0.6) is 0 Å². The van der Waals surface area contributed by atoms with E-state index in [-0.39, 0.29) is 11.8 Å². The molecule has 0 saturated carbocycles. The second-order valence-corrected chi connectivity index (χ2v) is 6.91. The molecule has 0 aliphatic heterocycles. The minimum atomic E-state index is -0.123. The number of carbonyl (C=O) groups excluding carboxylic acids is 2. The molecular weight excluding hydrogens is 372 g/mol. The molecule has 2 aromatic heterocycles. The van der Waals surface area contributed by atoms with E-state index in [4.69, 9.17) is 9.47 Å². The van der Waals surface area contributed by atoms with Crippen LogP contribution in [0.2, 0.25) is 0 Å². The fourth-order valence-corrected chi connectivity index (χ4v) is 3.17. The quantitative estimate of drug-likeness (QED) is 0.517. The Hall–Kier alpha value is -2.45. The maximum atomic E-state index is 12.5. The van der Waals surface area contributed by atoms with E-state index >= 15 is 0 Å². The molecule has 0 atom stereocenters. The van der Waals surface area contributed by atoms with Crippen LogP contribution in [0.15, 0.2) is 24.4 Å². The normalized spacial score (nSPS) is 11.0. The van der Waals surface area contributed by atoms with Gasteiger partial charge in [-0.15, -0.1) is 0 Å². The first-order valence-corrected chi connectivity index (χ1v) is 10.1. The maximum Gasteiger partial charge on any atom is 0.270 e. The van der Waals surface area contributed by atoms with Gasteiger partial charge < -0.3 is 19.7 Å². The molecule has 0 saturated heterocycles. The summed E-state index contributed by atoms with van der Waals surface area (Å²) >= 11 is 0. The van der Waals surface area contributed by atoms with Crippen LogP contribution in [0.1, 0.15) is 41.9 Å². The molecule has 0 fully saturated rings. The molecule has 2 rings (SSSR count). The number of ether oxygens (including phenoxy) is 2. The number of pyridine rings is 1. The fraction of sp³-hybridized carbons (Fsp3) is 0.571. The van der Waals surface area contributed by atoms with E-state index in [2.05, 4.69) is 10.3 Å². The first-order chi connectivity index (χ1) is 14.1. The summed E-state index contributed by atoms with van der Waals surface area (Å²) < 4.78 is 11.9. The third-order valence-corrected chi connectivity index (χ3v) is 4.76. The van der Waals surface area contributed by atoms with Gasteiger partial charge in [0.1, 0.15) is 11.3 Å². The van der Waals surface area contributed by atoms with Crippen molar-refractivity contribution in [3.05, 3.63) is 35.8 Å². The van der Waals surface area contributed by atoms with Crippen molar-refractivity contribution in [2.45, 2.75) is 32.6 Å². The zero-order valence-electron chi connectivity index (χ0n) is 17.6. The topological polar surface area (TPSA) is 85.2 Å². The molecule has 0 radical (unpaired) electrons. The van der Waals surface area contributed by atoms with Crippen molar-refractivity contribution in [1.82, 2.24) is 19.6 Å². The Bertz CT molecular complexity index is 782. The molecule has 0 aromatic carbocycles. The number of imidazole rings is 1. The molecule has 8 heteroatoms. The van der Waals surface area contributed by atoms with Crippen molar-refractivity contribution in [3.8, 4) is 0 Å². The van der Waals surface area contributed by atoms with Gasteiger partial charge in [0.15, 0.2) is 0 Å². The van der Waals surface area contributed by atoms with Crippen LogP contribution in [0.25, 0.3) is 5.65 Å². The summed E-state index contributed by atoms with van der Waals surface area (Å²) in [5.41, 5.74) is 2.05. The van der Waals surface area contributed by atoms with Crippen LogP contribution in [0, 0.1) is 6.92 Å². The summed E-state index contributed by atoms with van der Waals surface area (Å²) in [4.78, 5) is 31.1. The number of methoxy groups -OCH3 is 2. The zero-order chi connectivity index (χ0) is 21.1. The minimum Gasteiger partial charge on any atom is -0.383 e. The average molecular weight is 405 g/mol. The van der Waals surface area contributed by atoms with Gasteiger partial charge in [-0.3, -0.25) is 14.0 Å². The average Bonchev–Trinajstić information content (AvgIpc) is 3.06. The lowest BCUT2D eigenvalue weighted by atomic mass is 10.1. The van der Waals surface area contributed by atoms with Gasteiger partial charge in [0, 0.05) is 46.5 Å². The van der Waals surface area contributed by atoms with E-state index in [0.29, 0.717) is 50.7 Å². The number of hydrogen-bond acceptors (Lipinski definition) is 5. The Balaban J connectivity index is 1.70. The van der Waals surface area contributed by atoms with Crippen LogP contribution in [-0.2, 0) is 14.3 Å². The summed E-state index contributed by atoms with van der Waals surface area (Å²) in [5.74, 6) is -0.00734. The van der Waals surface area contributed by atoms with E-state index in [9.17, 15) is 9.59 Å². The number of aromatic nitrogens is 2. The zero-order valence-corrected chi connectivity index (χ0v) is 17.6. The molecule has 2 heterocycles. The van der Waals surface area contributed by atoms with Gasteiger partial charge in [0.2, 0.25) is 5.91 Å². The summed E-state index contributed by atoms with van der Waals surface area (Å²) in [6.45, 7) is 4.60. The van der Waals surface area contributed by atoms with Crippen LogP contribution in [0.4, 0.5) is 0 Å². The first-order valence-electron chi connectivity index (χ1n) is 10.1. The number of rotatable bonds is 13. The van der Waals surface area contributed by atoms with Gasteiger partial charge in [-0.1, -0.05) is 12.5 Å². The number of aryl methyl sites for hydroxylation is 1. The molecule has 2 amide bonds. The maximum absolute atomic E-state index is 12.5. The van der Waals surface area contributed by atoms with Gasteiger partial charge in [-0.25, -0.2) is 4.98 Å². The molecule has 2 aromatic rings. The Morgan fingerprint density at radius 3 is 2.52 bits per heavy atom. The van der Waals surface area contributed by atoms with Crippen molar-refractivity contribution < 1.29 is 19.1 Å². The Labute approximate surface area is 172 Å². The van der Waals surface area contributed by atoms with E-state index in [1.165, 1.54) is 0 Å². The third kappa shape index (κ3) is 6.83. The van der Waals surface area contributed by atoms with Gasteiger partial charge in [-0.2, -0.15) is 0 Å². The molecule has 160 valence electrons. The molecular formula is C21H32N4O4. The molecule has 0 unspecified atom stereocenters. The van der Waals surface area contributed by atoms with Crippen molar-refractivity contribution >= 4 is 17.5 Å². The fourth-order valence-electron chi connectivity index (χ4n) is 3.17. The summed E-state index contributed by atoms with van der Waals surface area (Å²) in [5, 5.41) is 2.96. The van der Waals surface area contributed by atoms with Crippen LogP contribution in [0.3, 0.4) is 0 Å². The SMILES string of the molecule is COCCN(CCOC)C(=O)CCCCCNC(=O)c1c(C)nc2ccccn12. The predicted molar refractivity (Wildman–Crippen MR) is 111 cm³/mol. The van der Waals surface area contributed by atoms with Crippen molar-refractivity contribution in [2.24, 2.45) is 0 Å². The highest BCUT2D eigenvalue weighted by Gasteiger charge is 2.16. The number of amides is 2. The first kappa shape index (κ1) is 22.8. The van der Waals surface area contributed by atoms with Crippen molar-refractivity contribution in [3.63, 3.8) is 0 Å². The van der Waals surface area contributed by atoms with Crippen LogP contribution in [-0.4, -0.2) is 73.2 Å². The predicted octanol–water partition coefficient (Wildman–Crippen LogP) is 2.05. The standard InChI is InChI=1S/C21H32N4O4/c1-17-20(25-12-8-6-9-18(25)23-17)21(27)22-11-7-4-5-10-19(26)24(13-15-28-2)14-16-29-3/h6,8-9,12H,4-5,7,10-11,13-16H2,1-3H3,(H,22,27). The van der Waals surface area contributed by atoms with Gasteiger partial charge in [0.25, 0.3) is 5.91 Å². The van der Waals surface area contributed by atoms with E-state index in [1.54, 1.807) is 23.5 Å². The summed E-state index contributed by atoms with van der Waals surface area (Å²) in [6.07, 6.45) is 4.83. The highest BCUT2D eigenvalue weighted by Crippen LogP contribution is 2.11. The van der Waals surface area contributed by atoms with Crippen molar-refractivity contribution in [1.29, 1.82) is 0 Å². The lowest BCUT2D eigenvalue weighted by molar-refractivity contribution is -0.132. The number of carbonyl (C=O) groups is 2. The largest absolute Gasteiger partial charge is 0.383 e. The van der Waals surface area contributed by atoms with Gasteiger partial charge in [-0.05, 0) is 31.9 Å². The number of fused-ring (bicyclic) bond motifs is 1. The Morgan fingerprint density at radius 1 is 1.10 bits per heavy atom. The van der Waals surface area contributed by atoms with Crippen LogP contribution >= 0.6 is 0 Å². The highest BCUT2D eigenvalue weighted by atomic mass is 16.5. The van der Waals surface area contributed by atoms with Gasteiger partial charge in [0.05, 0.1) is 18.9 Å². The molecule has 8 nitrogen and oxygen atoms in total. The smallest absolute Gasteiger partial charge is 0.270 e. The lowest BCUT2D eigenvalue weighted by Crippen LogP contribution is -2.36. The number of nitrogens with zero attached hydrogens (tertiary/aromatic N) is 3. The minimum absolute atomic E-state index is 0.115. The Kier molecular flexibility index (Phi) is 9.59. The molecule has 1 N–H and O–H groups in total. The Morgan fingerprint density at radius 2 is 1.83 bits per heavy atom.